The minimum absolute atomic E-state index is 0.121. The number of carbonyl (C=O) groups excluding carboxylic acids is 1. The van der Waals surface area contributed by atoms with Gasteiger partial charge in [0.25, 0.3) is 0 Å². The number of carbonyl (C=O) groups is 1. The zero-order valence-electron chi connectivity index (χ0n) is 5.06. The molecular formula is C5H8ClIO2. The fourth-order valence-electron chi connectivity index (χ4n) is 0.339. The highest BCUT2D eigenvalue weighted by Crippen LogP contribution is 2.00. The van der Waals surface area contributed by atoms with E-state index in [1.54, 1.807) is 0 Å². The van der Waals surface area contributed by atoms with Gasteiger partial charge in [0.1, 0.15) is 6.10 Å². The molecule has 0 saturated carbocycles. The van der Waals surface area contributed by atoms with E-state index in [9.17, 15) is 4.79 Å². The average Bonchev–Trinajstić information content (AvgIpc) is 1.82. The molecule has 0 aromatic heterocycles. The van der Waals surface area contributed by atoms with Crippen molar-refractivity contribution in [2.75, 3.05) is 10.3 Å². The minimum Gasteiger partial charge on any atom is -0.460 e. The summed E-state index contributed by atoms with van der Waals surface area (Å²) in [6, 6.07) is 0. The van der Waals surface area contributed by atoms with Crippen LogP contribution in [0.3, 0.4) is 0 Å². The van der Waals surface area contributed by atoms with Crippen LogP contribution in [0.25, 0.3) is 0 Å². The quantitative estimate of drug-likeness (QED) is 0.439. The van der Waals surface area contributed by atoms with Crippen molar-refractivity contribution in [2.24, 2.45) is 0 Å². The molecule has 0 saturated heterocycles. The second-order valence-electron chi connectivity index (χ2n) is 1.54. The monoisotopic (exact) mass is 262 g/mol. The molecule has 0 aromatic rings. The summed E-state index contributed by atoms with van der Waals surface area (Å²) in [6.07, 6.45) is -0.121. The predicted octanol–water partition coefficient (Wildman–Crippen LogP) is 1.59. The van der Waals surface area contributed by atoms with Gasteiger partial charge in [0.05, 0.1) is 5.88 Å². The molecule has 4 heteroatoms. The van der Waals surface area contributed by atoms with Crippen LogP contribution in [-0.4, -0.2) is 22.4 Å². The Hall–Kier alpha value is 0.490. The Balaban J connectivity index is 3.43. The Bertz CT molecular complexity index is 93.0. The zero-order valence-corrected chi connectivity index (χ0v) is 7.98. The molecule has 9 heavy (non-hydrogen) atoms. The van der Waals surface area contributed by atoms with Gasteiger partial charge < -0.3 is 4.74 Å². The van der Waals surface area contributed by atoms with Gasteiger partial charge in [0, 0.05) is 11.4 Å². The van der Waals surface area contributed by atoms with Crippen molar-refractivity contribution in [3.8, 4) is 0 Å². The summed E-state index contributed by atoms with van der Waals surface area (Å²) in [5.41, 5.74) is 0. The second-order valence-corrected chi connectivity index (χ2v) is 2.73. The summed E-state index contributed by atoms with van der Waals surface area (Å²) in [6.45, 7) is 1.38. The summed E-state index contributed by atoms with van der Waals surface area (Å²) in [7, 11) is 0. The summed E-state index contributed by atoms with van der Waals surface area (Å²) < 4.78 is 5.52. The number of hydrogen-bond donors (Lipinski definition) is 0. The first kappa shape index (κ1) is 9.49. The highest BCUT2D eigenvalue weighted by molar-refractivity contribution is 14.1. The number of esters is 1. The van der Waals surface area contributed by atoms with Crippen molar-refractivity contribution in [1.29, 1.82) is 0 Å². The first-order chi connectivity index (χ1) is 4.20. The fraction of sp³-hybridized carbons (Fsp3) is 0.800. The third-order valence-electron chi connectivity index (χ3n) is 0.677. The van der Waals surface area contributed by atoms with Crippen molar-refractivity contribution in [1.82, 2.24) is 0 Å². The number of hydrogen-bond acceptors (Lipinski definition) is 2. The van der Waals surface area contributed by atoms with E-state index in [4.69, 9.17) is 16.3 Å². The standard InChI is InChI=1S/C5H8ClIO2/c1-4(8)9-5(2-6)3-7/h5H,2-3H2,1H3. The number of halogens is 2. The lowest BCUT2D eigenvalue weighted by molar-refractivity contribution is -0.144. The second kappa shape index (κ2) is 5.29. The van der Waals surface area contributed by atoms with E-state index in [1.165, 1.54) is 6.92 Å². The molecule has 0 aromatic carbocycles. The molecule has 1 unspecified atom stereocenters. The molecule has 0 aliphatic heterocycles. The van der Waals surface area contributed by atoms with E-state index in [1.807, 2.05) is 0 Å². The summed E-state index contributed by atoms with van der Waals surface area (Å²) in [4.78, 5) is 10.3. The Labute approximate surface area is 73.0 Å². The van der Waals surface area contributed by atoms with Crippen LogP contribution in [0.4, 0.5) is 0 Å². The summed E-state index contributed by atoms with van der Waals surface area (Å²) in [5.74, 6) is 0.111. The van der Waals surface area contributed by atoms with Crippen LogP contribution >= 0.6 is 34.2 Å². The molecule has 0 amide bonds. The van der Waals surface area contributed by atoms with Gasteiger partial charge >= 0.3 is 5.97 Å². The van der Waals surface area contributed by atoms with Gasteiger partial charge in [-0.3, -0.25) is 4.79 Å². The molecule has 0 fully saturated rings. The predicted molar refractivity (Wildman–Crippen MR) is 45.2 cm³/mol. The molecule has 0 radical (unpaired) electrons. The Kier molecular flexibility index (Phi) is 5.58. The van der Waals surface area contributed by atoms with Crippen LogP contribution in [-0.2, 0) is 9.53 Å². The third kappa shape index (κ3) is 4.96. The zero-order chi connectivity index (χ0) is 7.28. The fourth-order valence-corrected chi connectivity index (χ4v) is 1.37. The van der Waals surface area contributed by atoms with Gasteiger partial charge in [-0.25, -0.2) is 0 Å². The van der Waals surface area contributed by atoms with Crippen LogP contribution < -0.4 is 0 Å². The molecule has 0 aliphatic rings. The number of rotatable bonds is 3. The molecule has 0 heterocycles. The largest absolute Gasteiger partial charge is 0.460 e. The average molecular weight is 262 g/mol. The minimum atomic E-state index is -0.266. The molecule has 54 valence electrons. The highest BCUT2D eigenvalue weighted by Gasteiger charge is 2.06. The molecule has 2 nitrogen and oxygen atoms in total. The van der Waals surface area contributed by atoms with Gasteiger partial charge in [0.15, 0.2) is 0 Å². The smallest absolute Gasteiger partial charge is 0.302 e. The lowest BCUT2D eigenvalue weighted by atomic mass is 10.5. The molecule has 0 aliphatic carbocycles. The maximum atomic E-state index is 10.3. The van der Waals surface area contributed by atoms with Crippen LogP contribution in [0, 0.1) is 0 Å². The van der Waals surface area contributed by atoms with Crippen LogP contribution in [0.2, 0.25) is 0 Å². The SMILES string of the molecule is CC(=O)OC(CCl)CI. The molecule has 0 spiro atoms. The van der Waals surface area contributed by atoms with E-state index in [2.05, 4.69) is 22.6 Å². The van der Waals surface area contributed by atoms with Crippen molar-refractivity contribution >= 4 is 40.2 Å². The van der Waals surface area contributed by atoms with E-state index in [0.29, 0.717) is 5.88 Å². The topological polar surface area (TPSA) is 26.3 Å². The molecule has 0 rings (SSSR count). The lowest BCUT2D eigenvalue weighted by Crippen LogP contribution is -2.18. The van der Waals surface area contributed by atoms with Gasteiger partial charge in [-0.15, -0.1) is 11.6 Å². The van der Waals surface area contributed by atoms with E-state index >= 15 is 0 Å². The van der Waals surface area contributed by atoms with Crippen LogP contribution in [0.1, 0.15) is 6.92 Å². The van der Waals surface area contributed by atoms with Gasteiger partial charge in [-0.2, -0.15) is 0 Å². The van der Waals surface area contributed by atoms with Crippen molar-refractivity contribution in [3.05, 3.63) is 0 Å². The van der Waals surface area contributed by atoms with Crippen molar-refractivity contribution < 1.29 is 9.53 Å². The summed E-state index contributed by atoms with van der Waals surface area (Å²) >= 11 is 7.55. The Morgan fingerprint density at radius 3 is 2.56 bits per heavy atom. The Morgan fingerprint density at radius 2 is 2.44 bits per heavy atom. The highest BCUT2D eigenvalue weighted by atomic mass is 127. The van der Waals surface area contributed by atoms with Gasteiger partial charge in [0.2, 0.25) is 0 Å². The normalized spacial score (nSPS) is 12.8. The van der Waals surface area contributed by atoms with Crippen LogP contribution in [0.5, 0.6) is 0 Å². The van der Waals surface area contributed by atoms with E-state index < -0.39 is 0 Å². The number of alkyl halides is 2. The maximum Gasteiger partial charge on any atom is 0.302 e. The molecule has 0 bridgehead atoms. The number of ether oxygens (including phenoxy) is 1. The van der Waals surface area contributed by atoms with Crippen molar-refractivity contribution in [2.45, 2.75) is 13.0 Å². The van der Waals surface area contributed by atoms with E-state index in [-0.39, 0.29) is 12.1 Å². The first-order valence-corrected chi connectivity index (χ1v) is 4.56. The molecular weight excluding hydrogens is 254 g/mol. The summed E-state index contributed by atoms with van der Waals surface area (Å²) in [5, 5.41) is 0. The van der Waals surface area contributed by atoms with Gasteiger partial charge in [-0.05, 0) is 0 Å². The van der Waals surface area contributed by atoms with Crippen molar-refractivity contribution in [3.63, 3.8) is 0 Å². The van der Waals surface area contributed by atoms with Crippen LogP contribution in [0.15, 0.2) is 0 Å². The first-order valence-electron chi connectivity index (χ1n) is 2.49. The van der Waals surface area contributed by atoms with E-state index in [0.717, 1.165) is 4.43 Å². The molecule has 0 N–H and O–H groups in total. The Morgan fingerprint density at radius 1 is 1.89 bits per heavy atom. The van der Waals surface area contributed by atoms with Gasteiger partial charge in [-0.1, -0.05) is 22.6 Å². The third-order valence-corrected chi connectivity index (χ3v) is 2.00. The molecule has 1 atom stereocenters. The maximum absolute atomic E-state index is 10.3. The lowest BCUT2D eigenvalue weighted by Gasteiger charge is -2.08.